The van der Waals surface area contributed by atoms with Crippen LogP contribution < -0.4 is 10.6 Å². The SMILES string of the molecule is C=CCC(C)C(C)NCC(=O)NC. The first-order valence-corrected chi connectivity index (χ1v) is 4.66. The molecule has 0 spiro atoms. The van der Waals surface area contributed by atoms with Crippen molar-refractivity contribution in [3.8, 4) is 0 Å². The maximum atomic E-state index is 10.9. The molecule has 3 heteroatoms. The second-order valence-corrected chi connectivity index (χ2v) is 3.34. The first-order chi connectivity index (χ1) is 6.11. The monoisotopic (exact) mass is 184 g/mol. The van der Waals surface area contributed by atoms with Gasteiger partial charge in [0.15, 0.2) is 0 Å². The van der Waals surface area contributed by atoms with Crippen molar-refractivity contribution in [2.24, 2.45) is 5.92 Å². The van der Waals surface area contributed by atoms with E-state index in [1.54, 1.807) is 7.05 Å². The minimum Gasteiger partial charge on any atom is -0.358 e. The number of hydrogen-bond acceptors (Lipinski definition) is 2. The fourth-order valence-electron chi connectivity index (χ4n) is 1.01. The molecular formula is C10H20N2O. The fraction of sp³-hybridized carbons (Fsp3) is 0.700. The Labute approximate surface area is 80.6 Å². The molecule has 0 aromatic carbocycles. The van der Waals surface area contributed by atoms with Gasteiger partial charge < -0.3 is 10.6 Å². The first kappa shape index (κ1) is 12.2. The number of hydrogen-bond donors (Lipinski definition) is 2. The van der Waals surface area contributed by atoms with Gasteiger partial charge in [-0.15, -0.1) is 6.58 Å². The molecule has 0 radical (unpaired) electrons. The second kappa shape index (κ2) is 6.66. The summed E-state index contributed by atoms with van der Waals surface area (Å²) in [6, 6.07) is 0.343. The molecule has 0 heterocycles. The standard InChI is InChI=1S/C10H20N2O/c1-5-6-8(2)9(3)12-7-10(13)11-4/h5,8-9,12H,1,6-7H2,2-4H3,(H,11,13). The molecule has 0 aliphatic heterocycles. The van der Waals surface area contributed by atoms with E-state index in [9.17, 15) is 4.79 Å². The van der Waals surface area contributed by atoms with Crippen LogP contribution in [0.25, 0.3) is 0 Å². The van der Waals surface area contributed by atoms with E-state index in [0.717, 1.165) is 6.42 Å². The molecular weight excluding hydrogens is 164 g/mol. The molecule has 13 heavy (non-hydrogen) atoms. The molecule has 0 saturated carbocycles. The fourth-order valence-corrected chi connectivity index (χ4v) is 1.01. The van der Waals surface area contributed by atoms with Gasteiger partial charge in [0.2, 0.25) is 5.91 Å². The lowest BCUT2D eigenvalue weighted by Gasteiger charge is -2.19. The summed E-state index contributed by atoms with van der Waals surface area (Å²) in [7, 11) is 1.64. The van der Waals surface area contributed by atoms with Gasteiger partial charge in [0, 0.05) is 13.1 Å². The molecule has 0 aromatic rings. The van der Waals surface area contributed by atoms with Crippen molar-refractivity contribution in [2.75, 3.05) is 13.6 Å². The number of likely N-dealkylation sites (N-methyl/N-ethyl adjacent to an activating group) is 1. The lowest BCUT2D eigenvalue weighted by Crippen LogP contribution is -2.39. The molecule has 76 valence electrons. The summed E-state index contributed by atoms with van der Waals surface area (Å²) in [5, 5.41) is 5.73. The summed E-state index contributed by atoms with van der Waals surface area (Å²) in [6.45, 7) is 8.30. The molecule has 3 nitrogen and oxygen atoms in total. The minimum absolute atomic E-state index is 0.0256. The number of rotatable bonds is 6. The average Bonchev–Trinajstić information content (AvgIpc) is 2.13. The molecule has 1 amide bonds. The normalized spacial score (nSPS) is 14.7. The molecule has 0 fully saturated rings. The van der Waals surface area contributed by atoms with Crippen molar-refractivity contribution >= 4 is 5.91 Å². The van der Waals surface area contributed by atoms with Gasteiger partial charge in [-0.3, -0.25) is 4.79 Å². The zero-order chi connectivity index (χ0) is 10.3. The highest BCUT2D eigenvalue weighted by Gasteiger charge is 2.10. The van der Waals surface area contributed by atoms with Gasteiger partial charge in [-0.05, 0) is 19.3 Å². The molecule has 2 atom stereocenters. The van der Waals surface area contributed by atoms with Crippen molar-refractivity contribution in [2.45, 2.75) is 26.3 Å². The van der Waals surface area contributed by atoms with Crippen molar-refractivity contribution in [1.29, 1.82) is 0 Å². The van der Waals surface area contributed by atoms with Crippen molar-refractivity contribution in [3.05, 3.63) is 12.7 Å². The van der Waals surface area contributed by atoms with Gasteiger partial charge in [-0.25, -0.2) is 0 Å². The smallest absolute Gasteiger partial charge is 0.233 e. The third kappa shape index (κ3) is 5.42. The van der Waals surface area contributed by atoms with Crippen LogP contribution in [0, 0.1) is 5.92 Å². The summed E-state index contributed by atoms with van der Waals surface area (Å²) in [5.74, 6) is 0.541. The molecule has 0 saturated heterocycles. The van der Waals surface area contributed by atoms with Crippen LogP contribution in [0.4, 0.5) is 0 Å². The van der Waals surface area contributed by atoms with E-state index >= 15 is 0 Å². The average molecular weight is 184 g/mol. The Morgan fingerprint density at radius 2 is 2.15 bits per heavy atom. The van der Waals surface area contributed by atoms with Crippen LogP contribution in [-0.4, -0.2) is 25.5 Å². The maximum Gasteiger partial charge on any atom is 0.233 e. The Balaban J connectivity index is 3.66. The topological polar surface area (TPSA) is 41.1 Å². The van der Waals surface area contributed by atoms with Crippen LogP contribution in [0.2, 0.25) is 0 Å². The van der Waals surface area contributed by atoms with Crippen LogP contribution >= 0.6 is 0 Å². The van der Waals surface area contributed by atoms with Gasteiger partial charge in [-0.2, -0.15) is 0 Å². The number of amides is 1. The number of nitrogens with one attached hydrogen (secondary N) is 2. The van der Waals surface area contributed by atoms with Gasteiger partial charge in [0.25, 0.3) is 0 Å². The zero-order valence-corrected chi connectivity index (χ0v) is 8.76. The highest BCUT2D eigenvalue weighted by Crippen LogP contribution is 2.07. The van der Waals surface area contributed by atoms with Crippen molar-refractivity contribution in [1.82, 2.24) is 10.6 Å². The Hall–Kier alpha value is -0.830. The van der Waals surface area contributed by atoms with E-state index in [-0.39, 0.29) is 5.91 Å². The van der Waals surface area contributed by atoms with Crippen molar-refractivity contribution in [3.63, 3.8) is 0 Å². The Morgan fingerprint density at radius 3 is 2.62 bits per heavy atom. The zero-order valence-electron chi connectivity index (χ0n) is 8.76. The lowest BCUT2D eigenvalue weighted by atomic mass is 10.00. The van der Waals surface area contributed by atoms with E-state index in [0.29, 0.717) is 18.5 Å². The molecule has 2 unspecified atom stereocenters. The number of allylic oxidation sites excluding steroid dienone is 1. The largest absolute Gasteiger partial charge is 0.358 e. The van der Waals surface area contributed by atoms with Gasteiger partial charge >= 0.3 is 0 Å². The molecule has 0 aliphatic rings. The third-order valence-electron chi connectivity index (χ3n) is 2.26. The van der Waals surface area contributed by atoms with Crippen LogP contribution in [-0.2, 0) is 4.79 Å². The van der Waals surface area contributed by atoms with Gasteiger partial charge in [0.05, 0.1) is 6.54 Å². The van der Waals surface area contributed by atoms with Crippen LogP contribution in [0.15, 0.2) is 12.7 Å². The summed E-state index contributed by atoms with van der Waals surface area (Å²) < 4.78 is 0. The van der Waals surface area contributed by atoms with E-state index in [1.165, 1.54) is 0 Å². The van der Waals surface area contributed by atoms with Crippen molar-refractivity contribution < 1.29 is 4.79 Å². The third-order valence-corrected chi connectivity index (χ3v) is 2.26. The highest BCUT2D eigenvalue weighted by molar-refractivity contribution is 5.77. The predicted octanol–water partition coefficient (Wildman–Crippen LogP) is 0.923. The van der Waals surface area contributed by atoms with E-state index in [2.05, 4.69) is 31.1 Å². The summed E-state index contributed by atoms with van der Waals surface area (Å²) in [5.41, 5.74) is 0. The van der Waals surface area contributed by atoms with E-state index in [1.807, 2.05) is 6.08 Å². The van der Waals surface area contributed by atoms with Gasteiger partial charge in [-0.1, -0.05) is 13.0 Å². The molecule has 0 aromatic heterocycles. The Kier molecular flexibility index (Phi) is 6.24. The first-order valence-electron chi connectivity index (χ1n) is 4.66. The number of carbonyl (C=O) groups is 1. The summed E-state index contributed by atoms with van der Waals surface area (Å²) in [4.78, 5) is 10.9. The lowest BCUT2D eigenvalue weighted by molar-refractivity contribution is -0.119. The van der Waals surface area contributed by atoms with Crippen LogP contribution in [0.3, 0.4) is 0 Å². The molecule has 0 bridgehead atoms. The summed E-state index contributed by atoms with van der Waals surface area (Å²) >= 11 is 0. The van der Waals surface area contributed by atoms with E-state index < -0.39 is 0 Å². The number of carbonyl (C=O) groups excluding carboxylic acids is 1. The Bertz CT molecular complexity index is 168. The maximum absolute atomic E-state index is 10.9. The second-order valence-electron chi connectivity index (χ2n) is 3.34. The molecule has 0 rings (SSSR count). The summed E-state index contributed by atoms with van der Waals surface area (Å²) in [6.07, 6.45) is 2.88. The van der Waals surface area contributed by atoms with E-state index in [4.69, 9.17) is 0 Å². The van der Waals surface area contributed by atoms with Crippen LogP contribution in [0.1, 0.15) is 20.3 Å². The Morgan fingerprint density at radius 1 is 1.54 bits per heavy atom. The minimum atomic E-state index is 0.0256. The van der Waals surface area contributed by atoms with Crippen LogP contribution in [0.5, 0.6) is 0 Å². The highest BCUT2D eigenvalue weighted by atomic mass is 16.1. The predicted molar refractivity (Wildman–Crippen MR) is 55.5 cm³/mol. The quantitative estimate of drug-likeness (QED) is 0.603. The molecule has 2 N–H and O–H groups in total. The molecule has 0 aliphatic carbocycles. The van der Waals surface area contributed by atoms with Gasteiger partial charge in [0.1, 0.15) is 0 Å².